The van der Waals surface area contributed by atoms with Crippen molar-refractivity contribution in [1.82, 2.24) is 10.3 Å². The van der Waals surface area contributed by atoms with E-state index in [-0.39, 0.29) is 0 Å². The molecule has 3 heteroatoms. The van der Waals surface area contributed by atoms with Crippen LogP contribution in [0.15, 0.2) is 18.3 Å². The molecule has 0 radical (unpaired) electrons. The summed E-state index contributed by atoms with van der Waals surface area (Å²) in [5.41, 5.74) is 1.30. The number of nitrogens with one attached hydrogen (secondary N) is 1. The summed E-state index contributed by atoms with van der Waals surface area (Å²) in [6.45, 7) is 4.56. The molecule has 1 N–H and O–H groups in total. The van der Waals surface area contributed by atoms with Gasteiger partial charge in [0.05, 0.1) is 0 Å². The molecule has 19 heavy (non-hydrogen) atoms. The Morgan fingerprint density at radius 3 is 2.63 bits per heavy atom. The van der Waals surface area contributed by atoms with Crippen LogP contribution in [0, 0.1) is 5.92 Å². The number of aromatic nitrogens is 1. The minimum Gasteiger partial charge on any atom is -0.356 e. The Labute approximate surface area is 117 Å². The maximum atomic E-state index is 4.63. The SMILES string of the molecule is CNC(C)c1cccnc1N(C)C1CCC(C)CC1. The van der Waals surface area contributed by atoms with E-state index in [2.05, 4.69) is 42.2 Å². The molecule has 1 saturated carbocycles. The van der Waals surface area contributed by atoms with Gasteiger partial charge in [0.1, 0.15) is 5.82 Å². The van der Waals surface area contributed by atoms with Gasteiger partial charge in [0.25, 0.3) is 0 Å². The van der Waals surface area contributed by atoms with Crippen molar-refractivity contribution in [1.29, 1.82) is 0 Å². The Morgan fingerprint density at radius 1 is 1.32 bits per heavy atom. The number of rotatable bonds is 4. The van der Waals surface area contributed by atoms with Crippen molar-refractivity contribution in [3.8, 4) is 0 Å². The van der Waals surface area contributed by atoms with Crippen molar-refractivity contribution in [3.63, 3.8) is 0 Å². The molecular weight excluding hydrogens is 234 g/mol. The lowest BCUT2D eigenvalue weighted by atomic mass is 9.86. The van der Waals surface area contributed by atoms with E-state index in [4.69, 9.17) is 0 Å². The summed E-state index contributed by atoms with van der Waals surface area (Å²) in [5.74, 6) is 2.04. The lowest BCUT2D eigenvalue weighted by Crippen LogP contribution is -2.36. The summed E-state index contributed by atoms with van der Waals surface area (Å²) in [7, 11) is 4.21. The third-order valence-electron chi connectivity index (χ3n) is 4.58. The third-order valence-corrected chi connectivity index (χ3v) is 4.58. The number of pyridine rings is 1. The summed E-state index contributed by atoms with van der Waals surface area (Å²) in [6, 6.07) is 5.21. The van der Waals surface area contributed by atoms with Gasteiger partial charge in [0.15, 0.2) is 0 Å². The van der Waals surface area contributed by atoms with E-state index in [9.17, 15) is 0 Å². The molecule has 0 spiro atoms. The van der Waals surface area contributed by atoms with E-state index in [1.807, 2.05) is 19.3 Å². The monoisotopic (exact) mass is 261 g/mol. The Hall–Kier alpha value is -1.09. The van der Waals surface area contributed by atoms with Gasteiger partial charge in [0.2, 0.25) is 0 Å². The highest BCUT2D eigenvalue weighted by Crippen LogP contribution is 2.31. The van der Waals surface area contributed by atoms with E-state index in [1.165, 1.54) is 31.2 Å². The van der Waals surface area contributed by atoms with Gasteiger partial charge in [-0.25, -0.2) is 4.98 Å². The van der Waals surface area contributed by atoms with Gasteiger partial charge in [-0.05, 0) is 51.6 Å². The topological polar surface area (TPSA) is 28.2 Å². The largest absolute Gasteiger partial charge is 0.356 e. The second kappa shape index (κ2) is 6.38. The van der Waals surface area contributed by atoms with Gasteiger partial charge < -0.3 is 10.2 Å². The molecule has 1 heterocycles. The predicted molar refractivity (Wildman–Crippen MR) is 81.5 cm³/mol. The zero-order valence-corrected chi connectivity index (χ0v) is 12.7. The molecule has 1 aliphatic rings. The first-order valence-corrected chi connectivity index (χ1v) is 7.48. The van der Waals surface area contributed by atoms with Gasteiger partial charge in [-0.15, -0.1) is 0 Å². The first kappa shape index (κ1) is 14.3. The van der Waals surface area contributed by atoms with Crippen LogP contribution in [0.4, 0.5) is 5.82 Å². The average Bonchev–Trinajstić information content (AvgIpc) is 2.46. The van der Waals surface area contributed by atoms with E-state index >= 15 is 0 Å². The van der Waals surface area contributed by atoms with Crippen molar-refractivity contribution in [3.05, 3.63) is 23.9 Å². The van der Waals surface area contributed by atoms with Crippen LogP contribution < -0.4 is 10.2 Å². The van der Waals surface area contributed by atoms with Crippen molar-refractivity contribution >= 4 is 5.82 Å². The maximum Gasteiger partial charge on any atom is 0.133 e. The van der Waals surface area contributed by atoms with Gasteiger partial charge in [-0.2, -0.15) is 0 Å². The molecule has 1 atom stereocenters. The summed E-state index contributed by atoms with van der Waals surface area (Å²) >= 11 is 0. The van der Waals surface area contributed by atoms with Gasteiger partial charge >= 0.3 is 0 Å². The molecule has 3 nitrogen and oxygen atoms in total. The van der Waals surface area contributed by atoms with Crippen molar-refractivity contribution in [2.45, 2.75) is 51.6 Å². The molecule has 1 aromatic rings. The quantitative estimate of drug-likeness (QED) is 0.900. The Morgan fingerprint density at radius 2 is 2.00 bits per heavy atom. The van der Waals surface area contributed by atoms with Crippen LogP contribution in [0.3, 0.4) is 0 Å². The highest BCUT2D eigenvalue weighted by Gasteiger charge is 2.24. The molecule has 2 rings (SSSR count). The van der Waals surface area contributed by atoms with Crippen LogP contribution in [0.2, 0.25) is 0 Å². The molecule has 1 unspecified atom stereocenters. The normalized spacial score (nSPS) is 25.1. The number of hydrogen-bond donors (Lipinski definition) is 1. The number of anilines is 1. The van der Waals surface area contributed by atoms with E-state index in [0.717, 1.165) is 11.7 Å². The highest BCUT2D eigenvalue weighted by atomic mass is 15.2. The molecule has 1 aliphatic carbocycles. The molecule has 1 aromatic heterocycles. The summed E-state index contributed by atoms with van der Waals surface area (Å²) in [4.78, 5) is 7.03. The van der Waals surface area contributed by atoms with Gasteiger partial charge in [0, 0.05) is 30.9 Å². The lowest BCUT2D eigenvalue weighted by molar-refractivity contribution is 0.339. The molecule has 0 amide bonds. The van der Waals surface area contributed by atoms with Crippen LogP contribution in [0.5, 0.6) is 0 Å². The first-order valence-electron chi connectivity index (χ1n) is 7.48. The predicted octanol–water partition coefficient (Wildman–Crippen LogP) is 3.38. The first-order chi connectivity index (χ1) is 9.13. The fraction of sp³-hybridized carbons (Fsp3) is 0.688. The summed E-state index contributed by atoms with van der Waals surface area (Å²) in [6.07, 6.45) is 7.18. The van der Waals surface area contributed by atoms with Crippen molar-refractivity contribution in [2.75, 3.05) is 19.0 Å². The zero-order chi connectivity index (χ0) is 13.8. The Balaban J connectivity index is 2.16. The van der Waals surface area contributed by atoms with E-state index in [0.29, 0.717) is 12.1 Å². The van der Waals surface area contributed by atoms with Crippen LogP contribution >= 0.6 is 0 Å². The summed E-state index contributed by atoms with van der Waals surface area (Å²) < 4.78 is 0. The second-order valence-electron chi connectivity index (χ2n) is 5.95. The Bertz CT molecular complexity index is 397. The van der Waals surface area contributed by atoms with Crippen LogP contribution in [-0.2, 0) is 0 Å². The second-order valence-corrected chi connectivity index (χ2v) is 5.95. The highest BCUT2D eigenvalue weighted by molar-refractivity contribution is 5.48. The minimum atomic E-state index is 0.341. The molecule has 0 saturated heterocycles. The number of nitrogens with zero attached hydrogens (tertiary/aromatic N) is 2. The third kappa shape index (κ3) is 3.27. The van der Waals surface area contributed by atoms with Crippen LogP contribution in [-0.4, -0.2) is 25.1 Å². The minimum absolute atomic E-state index is 0.341. The average molecular weight is 261 g/mol. The maximum absolute atomic E-state index is 4.63. The summed E-state index contributed by atoms with van der Waals surface area (Å²) in [5, 5.41) is 3.32. The molecule has 106 valence electrons. The van der Waals surface area contributed by atoms with Crippen LogP contribution in [0.25, 0.3) is 0 Å². The Kier molecular flexibility index (Phi) is 4.81. The fourth-order valence-electron chi connectivity index (χ4n) is 3.00. The van der Waals surface area contributed by atoms with E-state index in [1.54, 1.807) is 0 Å². The zero-order valence-electron chi connectivity index (χ0n) is 12.7. The van der Waals surface area contributed by atoms with Gasteiger partial charge in [-0.3, -0.25) is 0 Å². The molecular formula is C16H27N3. The lowest BCUT2D eigenvalue weighted by Gasteiger charge is -2.35. The molecule has 1 fully saturated rings. The molecule has 0 bridgehead atoms. The smallest absolute Gasteiger partial charge is 0.133 e. The molecule has 0 aliphatic heterocycles. The standard InChI is InChI=1S/C16H27N3/c1-12-7-9-14(10-8-12)19(4)16-15(13(2)17-3)6-5-11-18-16/h5-6,11-14,17H,7-10H2,1-4H3. The van der Waals surface area contributed by atoms with Crippen molar-refractivity contribution < 1.29 is 0 Å². The fourth-order valence-corrected chi connectivity index (χ4v) is 3.00. The van der Waals surface area contributed by atoms with Crippen molar-refractivity contribution in [2.24, 2.45) is 5.92 Å². The number of hydrogen-bond acceptors (Lipinski definition) is 3. The molecule has 0 aromatic carbocycles. The van der Waals surface area contributed by atoms with E-state index < -0.39 is 0 Å². The van der Waals surface area contributed by atoms with Gasteiger partial charge in [-0.1, -0.05) is 13.0 Å². The van der Waals surface area contributed by atoms with Crippen LogP contribution in [0.1, 0.15) is 51.1 Å².